The van der Waals surface area contributed by atoms with Gasteiger partial charge in [0, 0.05) is 13.2 Å². The van der Waals surface area contributed by atoms with Crippen molar-refractivity contribution in [1.82, 2.24) is 9.78 Å². The Morgan fingerprint density at radius 3 is 2.81 bits per heavy atom. The van der Waals surface area contributed by atoms with Crippen molar-refractivity contribution < 1.29 is 4.74 Å². The second-order valence-corrected chi connectivity index (χ2v) is 4.56. The van der Waals surface area contributed by atoms with Crippen LogP contribution in [-0.2, 0) is 13.7 Å². The number of rotatable bonds is 3. The largest absolute Gasteiger partial charge is 0.486 e. The van der Waals surface area contributed by atoms with E-state index in [9.17, 15) is 0 Å². The van der Waals surface area contributed by atoms with Gasteiger partial charge in [-0.15, -0.1) is 0 Å². The summed E-state index contributed by atoms with van der Waals surface area (Å²) in [7, 11) is 1.89. The van der Waals surface area contributed by atoms with E-state index in [1.807, 2.05) is 44.4 Å². The van der Waals surface area contributed by atoms with E-state index < -0.39 is 0 Å². The molecule has 0 unspecified atom stereocenters. The van der Waals surface area contributed by atoms with Gasteiger partial charge in [-0.25, -0.2) is 0 Å². The molecule has 4 heteroatoms. The minimum Gasteiger partial charge on any atom is -0.486 e. The lowest BCUT2D eigenvalue weighted by molar-refractivity contribution is 0.298. The van der Waals surface area contributed by atoms with Crippen LogP contribution in [0.1, 0.15) is 11.3 Å². The number of hydrogen-bond donors (Lipinski definition) is 0. The lowest BCUT2D eigenvalue weighted by Gasteiger charge is -2.07. The predicted molar refractivity (Wildman–Crippen MR) is 66.4 cm³/mol. The highest BCUT2D eigenvalue weighted by Crippen LogP contribution is 2.26. The fraction of sp³-hybridized carbons (Fsp3) is 0.250. The fourth-order valence-electron chi connectivity index (χ4n) is 1.41. The van der Waals surface area contributed by atoms with Crippen molar-refractivity contribution >= 4 is 15.9 Å². The number of ether oxygens (including phenoxy) is 1. The minimum atomic E-state index is 0.489. The van der Waals surface area contributed by atoms with Gasteiger partial charge in [-0.1, -0.05) is 6.07 Å². The number of halogens is 1. The van der Waals surface area contributed by atoms with Gasteiger partial charge in [0.25, 0.3) is 0 Å². The Balaban J connectivity index is 2.04. The standard InChI is InChI=1S/C12H13BrN2O/c1-9-3-4-12(11(13)7-9)16-8-10-5-6-15(2)14-10/h3-7H,8H2,1-2H3. The van der Waals surface area contributed by atoms with Gasteiger partial charge in [0.2, 0.25) is 0 Å². The van der Waals surface area contributed by atoms with Crippen molar-refractivity contribution in [2.75, 3.05) is 0 Å². The molecule has 0 aliphatic heterocycles. The zero-order valence-corrected chi connectivity index (χ0v) is 10.9. The highest BCUT2D eigenvalue weighted by Gasteiger charge is 2.03. The number of hydrogen-bond acceptors (Lipinski definition) is 2. The first-order chi connectivity index (χ1) is 7.65. The topological polar surface area (TPSA) is 27.1 Å². The summed E-state index contributed by atoms with van der Waals surface area (Å²) in [4.78, 5) is 0. The van der Waals surface area contributed by atoms with E-state index in [0.717, 1.165) is 15.9 Å². The van der Waals surface area contributed by atoms with Crippen molar-refractivity contribution in [3.63, 3.8) is 0 Å². The highest BCUT2D eigenvalue weighted by molar-refractivity contribution is 9.10. The maximum absolute atomic E-state index is 5.67. The highest BCUT2D eigenvalue weighted by atomic mass is 79.9. The SMILES string of the molecule is Cc1ccc(OCc2ccn(C)n2)c(Br)c1. The quantitative estimate of drug-likeness (QED) is 0.864. The first-order valence-electron chi connectivity index (χ1n) is 5.02. The lowest BCUT2D eigenvalue weighted by atomic mass is 10.2. The molecule has 0 atom stereocenters. The lowest BCUT2D eigenvalue weighted by Crippen LogP contribution is -1.98. The molecule has 16 heavy (non-hydrogen) atoms. The third-order valence-electron chi connectivity index (χ3n) is 2.23. The number of aryl methyl sites for hydroxylation is 2. The summed E-state index contributed by atoms with van der Waals surface area (Å²) in [6.45, 7) is 2.54. The molecular weight excluding hydrogens is 268 g/mol. The third kappa shape index (κ3) is 2.64. The van der Waals surface area contributed by atoms with E-state index in [-0.39, 0.29) is 0 Å². The van der Waals surface area contributed by atoms with Crippen molar-refractivity contribution in [2.24, 2.45) is 7.05 Å². The molecule has 0 amide bonds. The second-order valence-electron chi connectivity index (χ2n) is 3.70. The average molecular weight is 281 g/mol. The van der Waals surface area contributed by atoms with Gasteiger partial charge in [0.1, 0.15) is 12.4 Å². The molecule has 2 aromatic rings. The molecule has 0 bridgehead atoms. The van der Waals surface area contributed by atoms with Gasteiger partial charge < -0.3 is 4.74 Å². The summed E-state index contributed by atoms with van der Waals surface area (Å²) in [5.41, 5.74) is 2.13. The van der Waals surface area contributed by atoms with Crippen LogP contribution in [-0.4, -0.2) is 9.78 Å². The zero-order chi connectivity index (χ0) is 11.5. The molecule has 1 heterocycles. The molecule has 1 aromatic carbocycles. The molecule has 0 spiro atoms. The monoisotopic (exact) mass is 280 g/mol. The molecule has 0 radical (unpaired) electrons. The van der Waals surface area contributed by atoms with Crippen LogP contribution in [0.4, 0.5) is 0 Å². The summed E-state index contributed by atoms with van der Waals surface area (Å²) in [6, 6.07) is 7.97. The summed E-state index contributed by atoms with van der Waals surface area (Å²) >= 11 is 3.48. The Kier molecular flexibility index (Phi) is 3.29. The Labute approximate surface area is 103 Å². The number of nitrogens with zero attached hydrogens (tertiary/aromatic N) is 2. The van der Waals surface area contributed by atoms with Crippen molar-refractivity contribution in [3.8, 4) is 5.75 Å². The molecule has 3 nitrogen and oxygen atoms in total. The van der Waals surface area contributed by atoms with Gasteiger partial charge in [0.15, 0.2) is 0 Å². The van der Waals surface area contributed by atoms with Crippen LogP contribution in [0.15, 0.2) is 34.9 Å². The van der Waals surface area contributed by atoms with Crippen LogP contribution in [0.5, 0.6) is 5.75 Å². The average Bonchev–Trinajstić information content (AvgIpc) is 2.63. The molecular formula is C12H13BrN2O. The van der Waals surface area contributed by atoms with E-state index in [1.165, 1.54) is 5.56 Å². The van der Waals surface area contributed by atoms with E-state index in [2.05, 4.69) is 21.0 Å². The Morgan fingerprint density at radius 1 is 1.38 bits per heavy atom. The fourth-order valence-corrected chi connectivity index (χ4v) is 2.02. The molecule has 0 saturated heterocycles. The van der Waals surface area contributed by atoms with Gasteiger partial charge >= 0.3 is 0 Å². The van der Waals surface area contributed by atoms with Gasteiger partial charge in [-0.2, -0.15) is 5.10 Å². The van der Waals surface area contributed by atoms with Crippen LogP contribution in [0.2, 0.25) is 0 Å². The molecule has 2 rings (SSSR count). The smallest absolute Gasteiger partial charge is 0.134 e. The second kappa shape index (κ2) is 4.70. The van der Waals surface area contributed by atoms with Crippen LogP contribution < -0.4 is 4.74 Å². The van der Waals surface area contributed by atoms with Crippen LogP contribution in [0.25, 0.3) is 0 Å². The van der Waals surface area contributed by atoms with E-state index in [1.54, 1.807) is 4.68 Å². The molecule has 1 aromatic heterocycles. The Hall–Kier alpha value is -1.29. The Morgan fingerprint density at radius 2 is 2.19 bits per heavy atom. The van der Waals surface area contributed by atoms with E-state index in [4.69, 9.17) is 4.74 Å². The molecule has 0 N–H and O–H groups in total. The molecule has 0 aliphatic carbocycles. The van der Waals surface area contributed by atoms with Gasteiger partial charge in [-0.3, -0.25) is 4.68 Å². The zero-order valence-electron chi connectivity index (χ0n) is 9.27. The summed E-state index contributed by atoms with van der Waals surface area (Å²) < 4.78 is 8.41. The number of aromatic nitrogens is 2. The summed E-state index contributed by atoms with van der Waals surface area (Å²) in [5, 5.41) is 4.25. The van der Waals surface area contributed by atoms with Gasteiger partial charge in [0.05, 0.1) is 10.2 Å². The Bertz CT molecular complexity index is 494. The molecule has 0 fully saturated rings. The normalized spacial score (nSPS) is 10.4. The maximum atomic E-state index is 5.67. The summed E-state index contributed by atoms with van der Waals surface area (Å²) in [6.07, 6.45) is 1.91. The van der Waals surface area contributed by atoms with Crippen molar-refractivity contribution in [2.45, 2.75) is 13.5 Å². The van der Waals surface area contributed by atoms with Gasteiger partial charge in [-0.05, 0) is 46.6 Å². The van der Waals surface area contributed by atoms with Crippen molar-refractivity contribution in [3.05, 3.63) is 46.2 Å². The first kappa shape index (κ1) is 11.2. The maximum Gasteiger partial charge on any atom is 0.134 e. The molecule has 84 valence electrons. The predicted octanol–water partition coefficient (Wildman–Crippen LogP) is 3.07. The van der Waals surface area contributed by atoms with E-state index >= 15 is 0 Å². The summed E-state index contributed by atoms with van der Waals surface area (Å²) in [5.74, 6) is 0.844. The minimum absolute atomic E-state index is 0.489. The van der Waals surface area contributed by atoms with Crippen LogP contribution >= 0.6 is 15.9 Å². The molecule has 0 aliphatic rings. The van der Waals surface area contributed by atoms with E-state index in [0.29, 0.717) is 6.61 Å². The first-order valence-corrected chi connectivity index (χ1v) is 5.82. The van der Waals surface area contributed by atoms with Crippen LogP contribution in [0, 0.1) is 6.92 Å². The number of benzene rings is 1. The molecule has 0 saturated carbocycles. The third-order valence-corrected chi connectivity index (χ3v) is 2.85. The van der Waals surface area contributed by atoms with Crippen molar-refractivity contribution in [1.29, 1.82) is 0 Å². The van der Waals surface area contributed by atoms with Crippen LogP contribution in [0.3, 0.4) is 0 Å².